The lowest BCUT2D eigenvalue weighted by molar-refractivity contribution is 0.107. The highest BCUT2D eigenvalue weighted by atomic mass is 35.5. The fraction of sp³-hybridized carbons (Fsp3) is 1.00. The van der Waals surface area contributed by atoms with Gasteiger partial charge in [-0.15, -0.1) is 11.6 Å². The van der Waals surface area contributed by atoms with Gasteiger partial charge in [0.1, 0.15) is 0 Å². The summed E-state index contributed by atoms with van der Waals surface area (Å²) in [7, 11) is -3.28. The maximum Gasteiger partial charge on any atom is 0.211 e. The average Bonchev–Trinajstić information content (AvgIpc) is 2.25. The third-order valence-electron chi connectivity index (χ3n) is 2.65. The lowest BCUT2D eigenvalue weighted by Crippen LogP contribution is -2.37. The van der Waals surface area contributed by atoms with Gasteiger partial charge in [-0.05, 0) is 12.3 Å². The maximum absolute atomic E-state index is 11.4. The molecule has 0 aromatic heterocycles. The highest BCUT2D eigenvalue weighted by Crippen LogP contribution is 2.12. The normalized spacial score (nSPS) is 14.3. The van der Waals surface area contributed by atoms with Crippen LogP contribution in [0.15, 0.2) is 0 Å². The highest BCUT2D eigenvalue weighted by Gasteiger charge is 2.18. The third-order valence-corrected chi connectivity index (χ3v) is 4.35. The molecule has 0 aliphatic rings. The molecule has 0 bridgehead atoms. The van der Waals surface area contributed by atoms with Crippen LogP contribution in [0.4, 0.5) is 0 Å². The zero-order valence-corrected chi connectivity index (χ0v) is 11.5. The smallest absolute Gasteiger partial charge is 0.211 e. The van der Waals surface area contributed by atoms with Gasteiger partial charge in [-0.2, -0.15) is 0 Å². The minimum absolute atomic E-state index is 0.0200. The summed E-state index contributed by atoms with van der Waals surface area (Å²) in [5, 5.41) is 9.74. The molecule has 0 fully saturated rings. The van der Waals surface area contributed by atoms with E-state index in [1.807, 2.05) is 13.8 Å². The second-order valence-electron chi connectivity index (χ2n) is 3.85. The molecule has 0 aromatic rings. The summed E-state index contributed by atoms with van der Waals surface area (Å²) >= 11 is 5.42. The van der Waals surface area contributed by atoms with Crippen LogP contribution in [0.3, 0.4) is 0 Å². The molecule has 0 saturated carbocycles. The number of aliphatic hydroxyl groups excluding tert-OH is 1. The number of rotatable bonds is 9. The first-order valence-electron chi connectivity index (χ1n) is 5.68. The van der Waals surface area contributed by atoms with Crippen molar-refractivity contribution in [3.8, 4) is 0 Å². The van der Waals surface area contributed by atoms with E-state index < -0.39 is 16.1 Å². The van der Waals surface area contributed by atoms with E-state index in [1.165, 1.54) is 0 Å². The SMILES string of the molecule is CCC(CC)C(O)CNS(=O)(=O)CCCCl. The highest BCUT2D eigenvalue weighted by molar-refractivity contribution is 7.89. The molecule has 6 heteroatoms. The first kappa shape index (κ1) is 16.2. The van der Waals surface area contributed by atoms with Crippen LogP contribution >= 0.6 is 11.6 Å². The van der Waals surface area contributed by atoms with Crippen molar-refractivity contribution in [1.82, 2.24) is 4.72 Å². The molecular weight excluding hydrogens is 250 g/mol. The molecule has 2 N–H and O–H groups in total. The topological polar surface area (TPSA) is 66.4 Å². The van der Waals surface area contributed by atoms with Gasteiger partial charge in [0.2, 0.25) is 10.0 Å². The van der Waals surface area contributed by atoms with E-state index in [2.05, 4.69) is 4.72 Å². The van der Waals surface area contributed by atoms with Gasteiger partial charge < -0.3 is 5.11 Å². The van der Waals surface area contributed by atoms with Gasteiger partial charge in [0.15, 0.2) is 0 Å². The molecule has 0 heterocycles. The fourth-order valence-corrected chi connectivity index (χ4v) is 2.91. The van der Waals surface area contributed by atoms with Crippen LogP contribution in [-0.4, -0.2) is 37.8 Å². The van der Waals surface area contributed by atoms with E-state index in [9.17, 15) is 13.5 Å². The van der Waals surface area contributed by atoms with E-state index in [-0.39, 0.29) is 18.2 Å². The van der Waals surface area contributed by atoms with Crippen molar-refractivity contribution in [2.24, 2.45) is 5.92 Å². The third kappa shape index (κ3) is 6.68. The molecule has 0 aliphatic carbocycles. The zero-order chi connectivity index (χ0) is 12.6. The molecule has 1 atom stereocenters. The summed E-state index contributed by atoms with van der Waals surface area (Å²) in [5.74, 6) is 0.498. The Bertz CT molecular complexity index is 265. The molecule has 4 nitrogen and oxygen atoms in total. The van der Waals surface area contributed by atoms with Crippen LogP contribution in [0, 0.1) is 5.92 Å². The van der Waals surface area contributed by atoms with Gasteiger partial charge in [0.05, 0.1) is 11.9 Å². The van der Waals surface area contributed by atoms with E-state index in [0.717, 1.165) is 12.8 Å². The second-order valence-corrected chi connectivity index (χ2v) is 6.16. The van der Waals surface area contributed by atoms with Crippen LogP contribution in [0.5, 0.6) is 0 Å². The van der Waals surface area contributed by atoms with Crippen LogP contribution in [-0.2, 0) is 10.0 Å². The lowest BCUT2D eigenvalue weighted by Gasteiger charge is -2.20. The molecule has 0 radical (unpaired) electrons. The molecule has 0 aliphatic heterocycles. The van der Waals surface area contributed by atoms with Crippen molar-refractivity contribution in [3.05, 3.63) is 0 Å². The summed E-state index contributed by atoms with van der Waals surface area (Å²) in [4.78, 5) is 0. The van der Waals surface area contributed by atoms with E-state index >= 15 is 0 Å². The Balaban J connectivity index is 4.03. The molecule has 0 rings (SSSR count). The van der Waals surface area contributed by atoms with Crippen molar-refractivity contribution in [1.29, 1.82) is 0 Å². The number of aliphatic hydroxyl groups is 1. The lowest BCUT2D eigenvalue weighted by atomic mass is 9.97. The van der Waals surface area contributed by atoms with Crippen molar-refractivity contribution in [2.75, 3.05) is 18.2 Å². The van der Waals surface area contributed by atoms with Gasteiger partial charge >= 0.3 is 0 Å². The average molecular weight is 272 g/mol. The Hall–Kier alpha value is 0.160. The molecule has 98 valence electrons. The summed E-state index contributed by atoms with van der Waals surface area (Å²) in [6.07, 6.45) is 1.51. The largest absolute Gasteiger partial charge is 0.391 e. The van der Waals surface area contributed by atoms with Crippen molar-refractivity contribution >= 4 is 21.6 Å². The van der Waals surface area contributed by atoms with E-state index in [0.29, 0.717) is 12.3 Å². The maximum atomic E-state index is 11.4. The quantitative estimate of drug-likeness (QED) is 0.622. The standard InChI is InChI=1S/C10H22ClNO3S/c1-3-9(4-2)10(13)8-12-16(14,15)7-5-6-11/h9-10,12-13H,3-8H2,1-2H3. The number of hydrogen-bond acceptors (Lipinski definition) is 3. The van der Waals surface area contributed by atoms with Crippen LogP contribution in [0.1, 0.15) is 33.1 Å². The second kappa shape index (κ2) is 8.28. The Morgan fingerprint density at radius 1 is 1.31 bits per heavy atom. The Kier molecular flexibility index (Phi) is 8.36. The van der Waals surface area contributed by atoms with E-state index in [4.69, 9.17) is 11.6 Å². The van der Waals surface area contributed by atoms with Crippen molar-refractivity contribution < 1.29 is 13.5 Å². The summed E-state index contributed by atoms with van der Waals surface area (Å²) in [6, 6.07) is 0. The van der Waals surface area contributed by atoms with Gasteiger partial charge in [0, 0.05) is 12.4 Å². The number of sulfonamides is 1. The van der Waals surface area contributed by atoms with Crippen molar-refractivity contribution in [2.45, 2.75) is 39.2 Å². The minimum Gasteiger partial charge on any atom is -0.391 e. The molecule has 0 amide bonds. The Morgan fingerprint density at radius 3 is 2.31 bits per heavy atom. The van der Waals surface area contributed by atoms with Gasteiger partial charge in [-0.3, -0.25) is 0 Å². The van der Waals surface area contributed by atoms with Crippen LogP contribution in [0.2, 0.25) is 0 Å². The van der Waals surface area contributed by atoms with Gasteiger partial charge in [-0.25, -0.2) is 13.1 Å². The number of nitrogens with one attached hydrogen (secondary N) is 1. The fourth-order valence-electron chi connectivity index (χ4n) is 1.53. The number of halogens is 1. The van der Waals surface area contributed by atoms with Gasteiger partial charge in [-0.1, -0.05) is 26.7 Å². The predicted octanol–water partition coefficient (Wildman–Crippen LogP) is 1.33. The Labute approximate surface area is 103 Å². The predicted molar refractivity (Wildman–Crippen MR) is 67.2 cm³/mol. The summed E-state index contributed by atoms with van der Waals surface area (Å²) < 4.78 is 25.2. The first-order chi connectivity index (χ1) is 7.46. The van der Waals surface area contributed by atoms with Gasteiger partial charge in [0.25, 0.3) is 0 Å². The summed E-state index contributed by atoms with van der Waals surface area (Å²) in [6.45, 7) is 4.07. The van der Waals surface area contributed by atoms with Crippen LogP contribution < -0.4 is 4.72 Å². The van der Waals surface area contributed by atoms with E-state index in [1.54, 1.807) is 0 Å². The Morgan fingerprint density at radius 2 is 1.88 bits per heavy atom. The van der Waals surface area contributed by atoms with Crippen molar-refractivity contribution in [3.63, 3.8) is 0 Å². The first-order valence-corrected chi connectivity index (χ1v) is 7.86. The molecule has 0 saturated heterocycles. The monoisotopic (exact) mass is 271 g/mol. The van der Waals surface area contributed by atoms with Crippen LogP contribution in [0.25, 0.3) is 0 Å². The molecule has 16 heavy (non-hydrogen) atoms. The number of hydrogen-bond donors (Lipinski definition) is 2. The molecule has 1 unspecified atom stereocenters. The minimum atomic E-state index is -3.28. The number of alkyl halides is 1. The molecule has 0 spiro atoms. The molecule has 0 aromatic carbocycles. The molecular formula is C10H22ClNO3S. The zero-order valence-electron chi connectivity index (χ0n) is 9.95. The summed E-state index contributed by atoms with van der Waals surface area (Å²) in [5.41, 5.74) is 0.